The van der Waals surface area contributed by atoms with Gasteiger partial charge in [0.15, 0.2) is 5.69 Å². The monoisotopic (exact) mass is 291 g/mol. The Morgan fingerprint density at radius 3 is 2.81 bits per heavy atom. The number of nitrogens with one attached hydrogen (secondary N) is 1. The van der Waals surface area contributed by atoms with Crippen molar-refractivity contribution in [1.82, 2.24) is 19.9 Å². The van der Waals surface area contributed by atoms with Gasteiger partial charge in [0.2, 0.25) is 5.91 Å². The fourth-order valence-corrected chi connectivity index (χ4v) is 1.52. The third-order valence-electron chi connectivity index (χ3n) is 2.65. The van der Waals surface area contributed by atoms with E-state index in [4.69, 9.17) is 0 Å². The maximum Gasteiger partial charge on any atom is 0.277 e. The number of halogens is 1. The number of carbonyl (C=O) groups is 2. The van der Waals surface area contributed by atoms with Crippen LogP contribution in [0.15, 0.2) is 30.5 Å². The number of likely N-dealkylation sites (N-methyl/N-ethyl adjacent to an activating group) is 1. The quantitative estimate of drug-likeness (QED) is 0.901. The highest BCUT2D eigenvalue weighted by Gasteiger charge is 2.13. The Bertz CT molecular complexity index is 668. The Kier molecular flexibility index (Phi) is 4.27. The Balaban J connectivity index is 2.04. The molecule has 8 heteroatoms. The van der Waals surface area contributed by atoms with Crippen LogP contribution in [0.3, 0.4) is 0 Å². The molecule has 0 aliphatic rings. The van der Waals surface area contributed by atoms with Gasteiger partial charge in [-0.05, 0) is 18.2 Å². The topological polar surface area (TPSA) is 80.1 Å². The number of anilines is 1. The van der Waals surface area contributed by atoms with Crippen molar-refractivity contribution < 1.29 is 14.0 Å². The molecule has 2 aromatic rings. The lowest BCUT2D eigenvalue weighted by molar-refractivity contribution is -0.129. The maximum absolute atomic E-state index is 13.0. The molecule has 1 aromatic heterocycles. The van der Waals surface area contributed by atoms with Crippen LogP contribution in [-0.4, -0.2) is 45.8 Å². The van der Waals surface area contributed by atoms with E-state index >= 15 is 0 Å². The summed E-state index contributed by atoms with van der Waals surface area (Å²) in [7, 11) is 3.24. The smallest absolute Gasteiger partial charge is 0.277 e. The van der Waals surface area contributed by atoms with Gasteiger partial charge < -0.3 is 10.2 Å². The van der Waals surface area contributed by atoms with Crippen molar-refractivity contribution in [1.29, 1.82) is 0 Å². The molecule has 0 saturated carbocycles. The van der Waals surface area contributed by atoms with Crippen LogP contribution in [0.2, 0.25) is 0 Å². The van der Waals surface area contributed by atoms with Gasteiger partial charge in [0.1, 0.15) is 12.4 Å². The van der Waals surface area contributed by atoms with Crippen molar-refractivity contribution in [3.63, 3.8) is 0 Å². The predicted octanol–water partition coefficient (Wildman–Crippen LogP) is 0.758. The second-order valence-electron chi connectivity index (χ2n) is 4.55. The van der Waals surface area contributed by atoms with Crippen LogP contribution in [0, 0.1) is 5.82 Å². The van der Waals surface area contributed by atoms with E-state index in [1.54, 1.807) is 20.2 Å². The Morgan fingerprint density at radius 2 is 2.14 bits per heavy atom. The van der Waals surface area contributed by atoms with Gasteiger partial charge >= 0.3 is 0 Å². The first-order valence-electron chi connectivity index (χ1n) is 6.13. The highest BCUT2D eigenvalue weighted by molar-refractivity contribution is 6.02. The minimum atomic E-state index is -0.524. The lowest BCUT2D eigenvalue weighted by atomic mass is 10.3. The fraction of sp³-hybridized carbons (Fsp3) is 0.231. The van der Waals surface area contributed by atoms with E-state index < -0.39 is 11.7 Å². The Hall–Kier alpha value is -2.77. The number of carbonyl (C=O) groups excluding carboxylic acids is 2. The molecule has 110 valence electrons. The molecule has 7 nitrogen and oxygen atoms in total. The van der Waals surface area contributed by atoms with Crippen LogP contribution < -0.4 is 5.32 Å². The molecule has 1 N–H and O–H groups in total. The number of amides is 2. The molecule has 2 rings (SSSR count). The van der Waals surface area contributed by atoms with Crippen molar-refractivity contribution in [3.05, 3.63) is 42.0 Å². The van der Waals surface area contributed by atoms with Gasteiger partial charge in [-0.2, -0.15) is 0 Å². The van der Waals surface area contributed by atoms with Crippen molar-refractivity contribution in [2.24, 2.45) is 0 Å². The lowest BCUT2D eigenvalue weighted by Gasteiger charge is -2.08. The fourth-order valence-electron chi connectivity index (χ4n) is 1.52. The third kappa shape index (κ3) is 3.85. The summed E-state index contributed by atoms with van der Waals surface area (Å²) in [6.45, 7) is -0.00670. The molecule has 0 aliphatic heterocycles. The summed E-state index contributed by atoms with van der Waals surface area (Å²) < 4.78 is 14.3. The van der Waals surface area contributed by atoms with E-state index in [1.165, 1.54) is 34.0 Å². The first-order chi connectivity index (χ1) is 9.95. The van der Waals surface area contributed by atoms with Gasteiger partial charge in [0.25, 0.3) is 5.91 Å². The van der Waals surface area contributed by atoms with Crippen LogP contribution in [0.4, 0.5) is 10.1 Å². The summed E-state index contributed by atoms with van der Waals surface area (Å²) in [6.07, 6.45) is 1.36. The molecule has 0 radical (unpaired) electrons. The summed E-state index contributed by atoms with van der Waals surface area (Å²) in [4.78, 5) is 24.8. The van der Waals surface area contributed by atoms with Crippen LogP contribution in [0.25, 0.3) is 0 Å². The molecule has 2 amide bonds. The van der Waals surface area contributed by atoms with E-state index in [0.29, 0.717) is 5.69 Å². The van der Waals surface area contributed by atoms with Crippen LogP contribution in [0.5, 0.6) is 0 Å². The molecule has 0 fully saturated rings. The van der Waals surface area contributed by atoms with Gasteiger partial charge in [0, 0.05) is 19.8 Å². The predicted molar refractivity (Wildman–Crippen MR) is 73.1 cm³/mol. The molecule has 0 saturated heterocycles. The molecule has 0 atom stereocenters. The molecule has 1 heterocycles. The molecule has 1 aromatic carbocycles. The summed E-state index contributed by atoms with van der Waals surface area (Å²) in [5.74, 6) is -1.14. The van der Waals surface area contributed by atoms with E-state index in [2.05, 4.69) is 15.6 Å². The average Bonchev–Trinajstić information content (AvgIpc) is 2.87. The minimum Gasteiger partial charge on any atom is -0.347 e. The van der Waals surface area contributed by atoms with Gasteiger partial charge in [-0.1, -0.05) is 11.3 Å². The third-order valence-corrected chi connectivity index (χ3v) is 2.65. The van der Waals surface area contributed by atoms with E-state index in [-0.39, 0.29) is 18.1 Å². The van der Waals surface area contributed by atoms with Crippen LogP contribution in [0.1, 0.15) is 10.5 Å². The van der Waals surface area contributed by atoms with Gasteiger partial charge in [0.05, 0.1) is 6.20 Å². The van der Waals surface area contributed by atoms with Gasteiger partial charge in [-0.25, -0.2) is 9.07 Å². The molecular weight excluding hydrogens is 277 g/mol. The van der Waals surface area contributed by atoms with Crippen LogP contribution in [-0.2, 0) is 11.3 Å². The van der Waals surface area contributed by atoms with Crippen molar-refractivity contribution >= 4 is 17.5 Å². The van der Waals surface area contributed by atoms with Gasteiger partial charge in [-0.15, -0.1) is 5.10 Å². The first kappa shape index (κ1) is 14.6. The largest absolute Gasteiger partial charge is 0.347 e. The van der Waals surface area contributed by atoms with Crippen molar-refractivity contribution in [2.45, 2.75) is 6.54 Å². The van der Waals surface area contributed by atoms with E-state index in [1.807, 2.05) is 0 Å². The number of rotatable bonds is 4. The zero-order valence-corrected chi connectivity index (χ0v) is 11.6. The van der Waals surface area contributed by atoms with Crippen molar-refractivity contribution in [3.8, 4) is 0 Å². The summed E-state index contributed by atoms with van der Waals surface area (Å²) in [6, 6.07) is 5.51. The normalized spacial score (nSPS) is 10.2. The van der Waals surface area contributed by atoms with Gasteiger partial charge in [-0.3, -0.25) is 9.59 Å². The average molecular weight is 291 g/mol. The molecule has 21 heavy (non-hydrogen) atoms. The number of benzene rings is 1. The highest BCUT2D eigenvalue weighted by atomic mass is 19.1. The summed E-state index contributed by atoms with van der Waals surface area (Å²) in [5.41, 5.74) is 0.365. The number of hydrogen-bond acceptors (Lipinski definition) is 4. The maximum atomic E-state index is 13.0. The number of aromatic nitrogens is 3. The minimum absolute atomic E-state index is 0.00670. The van der Waals surface area contributed by atoms with Crippen LogP contribution >= 0.6 is 0 Å². The zero-order valence-electron chi connectivity index (χ0n) is 11.6. The molecule has 0 spiro atoms. The van der Waals surface area contributed by atoms with Crippen molar-refractivity contribution in [2.75, 3.05) is 19.4 Å². The Labute approximate surface area is 120 Å². The summed E-state index contributed by atoms with van der Waals surface area (Å²) >= 11 is 0. The van der Waals surface area contributed by atoms with E-state index in [0.717, 1.165) is 0 Å². The zero-order chi connectivity index (χ0) is 15.4. The van der Waals surface area contributed by atoms with E-state index in [9.17, 15) is 14.0 Å². The molecule has 0 bridgehead atoms. The molecular formula is C13H14FN5O2. The Morgan fingerprint density at radius 1 is 1.38 bits per heavy atom. The summed E-state index contributed by atoms with van der Waals surface area (Å²) in [5, 5.41) is 9.88. The SMILES string of the molecule is CN(C)C(=O)Cn1cc(C(=O)Nc2cccc(F)c2)nn1. The second kappa shape index (κ2) is 6.12. The highest BCUT2D eigenvalue weighted by Crippen LogP contribution is 2.10. The lowest BCUT2D eigenvalue weighted by Crippen LogP contribution is -2.26. The molecule has 0 aliphatic carbocycles. The second-order valence-corrected chi connectivity index (χ2v) is 4.55. The number of hydrogen-bond donors (Lipinski definition) is 1. The number of nitrogens with zero attached hydrogens (tertiary/aromatic N) is 4. The standard InChI is InChI=1S/C13H14FN5O2/c1-18(2)12(20)8-19-7-11(16-17-19)13(21)15-10-5-3-4-9(14)6-10/h3-7H,8H2,1-2H3,(H,15,21). The first-order valence-corrected chi connectivity index (χ1v) is 6.13. The molecule has 0 unspecified atom stereocenters.